The van der Waals surface area contributed by atoms with Gasteiger partial charge in [0, 0.05) is 24.5 Å². The summed E-state index contributed by atoms with van der Waals surface area (Å²) in [6.45, 7) is 1.29. The predicted octanol–water partition coefficient (Wildman–Crippen LogP) is 1.10. The van der Waals surface area contributed by atoms with Crippen molar-refractivity contribution >= 4 is 29.1 Å². The maximum absolute atomic E-state index is 12.0. The van der Waals surface area contributed by atoms with Crippen LogP contribution in [0.15, 0.2) is 30.3 Å². The van der Waals surface area contributed by atoms with E-state index in [1.165, 1.54) is 5.01 Å². The number of hydrogen-bond donors (Lipinski definition) is 2. The zero-order valence-corrected chi connectivity index (χ0v) is 14.1. The molecule has 0 spiro atoms. The van der Waals surface area contributed by atoms with E-state index in [2.05, 4.69) is 10.7 Å². The van der Waals surface area contributed by atoms with E-state index in [-0.39, 0.29) is 24.8 Å². The number of carbonyl (C=O) groups is 2. The predicted molar refractivity (Wildman–Crippen MR) is 90.5 cm³/mol. The average molecular weight is 337 g/mol. The van der Waals surface area contributed by atoms with Crippen LogP contribution < -0.4 is 10.7 Å². The Balaban J connectivity index is 1.93. The SMILES string of the molecule is CN(C)CCNC(=O)CN1NC(c2ccc(Cl)cc2)=CCC1=O. The maximum Gasteiger partial charge on any atom is 0.245 e. The second kappa shape index (κ2) is 7.99. The molecule has 1 aromatic rings. The fraction of sp³-hybridized carbons (Fsp3) is 0.375. The topological polar surface area (TPSA) is 64.7 Å². The number of rotatable bonds is 6. The molecule has 23 heavy (non-hydrogen) atoms. The highest BCUT2D eigenvalue weighted by atomic mass is 35.5. The highest BCUT2D eigenvalue weighted by molar-refractivity contribution is 6.30. The molecule has 2 rings (SSSR count). The quantitative estimate of drug-likeness (QED) is 0.816. The van der Waals surface area contributed by atoms with Crippen molar-refractivity contribution in [2.45, 2.75) is 6.42 Å². The number of carbonyl (C=O) groups excluding carboxylic acids is 2. The van der Waals surface area contributed by atoms with E-state index in [4.69, 9.17) is 11.6 Å². The first kappa shape index (κ1) is 17.3. The molecule has 0 saturated carbocycles. The Hall–Kier alpha value is -2.05. The van der Waals surface area contributed by atoms with Gasteiger partial charge in [-0.05, 0) is 37.9 Å². The van der Waals surface area contributed by atoms with Crippen molar-refractivity contribution in [3.8, 4) is 0 Å². The molecular formula is C16H21ClN4O2. The molecule has 0 unspecified atom stereocenters. The van der Waals surface area contributed by atoms with Crippen molar-refractivity contribution in [3.05, 3.63) is 40.9 Å². The van der Waals surface area contributed by atoms with Gasteiger partial charge in [-0.25, -0.2) is 5.01 Å². The van der Waals surface area contributed by atoms with E-state index in [0.717, 1.165) is 17.8 Å². The third-order valence-electron chi connectivity index (χ3n) is 3.38. The van der Waals surface area contributed by atoms with Gasteiger partial charge in [-0.2, -0.15) is 0 Å². The van der Waals surface area contributed by atoms with Crippen molar-refractivity contribution in [1.29, 1.82) is 0 Å². The van der Waals surface area contributed by atoms with Gasteiger partial charge in [0.05, 0.1) is 5.70 Å². The first-order valence-electron chi connectivity index (χ1n) is 7.40. The highest BCUT2D eigenvalue weighted by Crippen LogP contribution is 2.19. The van der Waals surface area contributed by atoms with E-state index in [0.29, 0.717) is 11.6 Å². The molecule has 0 atom stereocenters. The number of nitrogens with zero attached hydrogens (tertiary/aromatic N) is 2. The number of amides is 2. The molecule has 0 saturated heterocycles. The van der Waals surface area contributed by atoms with Gasteiger partial charge in [-0.1, -0.05) is 23.7 Å². The Bertz CT molecular complexity index is 599. The lowest BCUT2D eigenvalue weighted by Crippen LogP contribution is -2.49. The molecule has 6 nitrogen and oxygen atoms in total. The summed E-state index contributed by atoms with van der Waals surface area (Å²) < 4.78 is 0. The molecule has 2 N–H and O–H groups in total. The molecule has 0 radical (unpaired) electrons. The lowest BCUT2D eigenvalue weighted by Gasteiger charge is -2.29. The molecule has 0 aromatic heterocycles. The molecule has 1 aliphatic heterocycles. The smallest absolute Gasteiger partial charge is 0.245 e. The Morgan fingerprint density at radius 1 is 1.35 bits per heavy atom. The fourth-order valence-corrected chi connectivity index (χ4v) is 2.24. The largest absolute Gasteiger partial charge is 0.353 e. The standard InChI is InChI=1S/C16H21ClN4O2/c1-20(2)10-9-18-15(22)11-21-16(23)8-7-14(19-21)12-3-5-13(17)6-4-12/h3-7,19H,8-11H2,1-2H3,(H,18,22). The molecule has 0 fully saturated rings. The lowest BCUT2D eigenvalue weighted by atomic mass is 10.1. The van der Waals surface area contributed by atoms with E-state index in [9.17, 15) is 9.59 Å². The third-order valence-corrected chi connectivity index (χ3v) is 3.63. The summed E-state index contributed by atoms with van der Waals surface area (Å²) in [6, 6.07) is 7.31. The van der Waals surface area contributed by atoms with Crippen molar-refractivity contribution in [2.75, 3.05) is 33.7 Å². The first-order valence-corrected chi connectivity index (χ1v) is 7.78. The van der Waals surface area contributed by atoms with Gasteiger partial charge in [-0.3, -0.25) is 15.0 Å². The minimum atomic E-state index is -0.190. The summed E-state index contributed by atoms with van der Waals surface area (Å²) in [4.78, 5) is 25.9. The van der Waals surface area contributed by atoms with E-state index in [1.54, 1.807) is 12.1 Å². The van der Waals surface area contributed by atoms with Gasteiger partial charge in [0.25, 0.3) is 0 Å². The molecule has 2 amide bonds. The van der Waals surface area contributed by atoms with Crippen LogP contribution in [0.1, 0.15) is 12.0 Å². The number of benzene rings is 1. The third kappa shape index (κ3) is 5.26. The number of nitrogens with one attached hydrogen (secondary N) is 2. The molecule has 1 aromatic carbocycles. The number of hydrogen-bond acceptors (Lipinski definition) is 4. The monoisotopic (exact) mass is 336 g/mol. The average Bonchev–Trinajstić information content (AvgIpc) is 2.50. The van der Waals surface area contributed by atoms with Crippen LogP contribution in [0.2, 0.25) is 5.02 Å². The lowest BCUT2D eigenvalue weighted by molar-refractivity contribution is -0.137. The van der Waals surface area contributed by atoms with E-state index >= 15 is 0 Å². The Morgan fingerprint density at radius 2 is 2.04 bits per heavy atom. The van der Waals surface area contributed by atoms with Crippen molar-refractivity contribution < 1.29 is 9.59 Å². The second-order valence-electron chi connectivity index (χ2n) is 5.57. The Morgan fingerprint density at radius 3 is 2.70 bits per heavy atom. The van der Waals surface area contributed by atoms with Gasteiger partial charge in [0.15, 0.2) is 0 Å². The minimum Gasteiger partial charge on any atom is -0.353 e. The van der Waals surface area contributed by atoms with Crippen LogP contribution in [0.3, 0.4) is 0 Å². The van der Waals surface area contributed by atoms with Crippen LogP contribution in [-0.4, -0.2) is 55.5 Å². The van der Waals surface area contributed by atoms with E-state index in [1.807, 2.05) is 37.2 Å². The summed E-state index contributed by atoms with van der Waals surface area (Å²) in [5, 5.41) is 4.79. The molecule has 0 aliphatic carbocycles. The summed E-state index contributed by atoms with van der Waals surface area (Å²) in [5.41, 5.74) is 4.71. The van der Waals surface area contributed by atoms with Crippen LogP contribution in [0.5, 0.6) is 0 Å². The Kier molecular flexibility index (Phi) is 6.01. The van der Waals surface area contributed by atoms with Crippen LogP contribution >= 0.6 is 11.6 Å². The summed E-state index contributed by atoms with van der Waals surface area (Å²) in [6.07, 6.45) is 2.07. The minimum absolute atomic E-state index is 0.0167. The second-order valence-corrected chi connectivity index (χ2v) is 6.01. The first-order chi connectivity index (χ1) is 11.0. The van der Waals surface area contributed by atoms with Gasteiger partial charge >= 0.3 is 0 Å². The molecule has 1 aliphatic rings. The number of likely N-dealkylation sites (N-methyl/N-ethyl adjacent to an activating group) is 1. The fourth-order valence-electron chi connectivity index (χ4n) is 2.11. The van der Waals surface area contributed by atoms with Crippen LogP contribution in [-0.2, 0) is 9.59 Å². The zero-order valence-electron chi connectivity index (χ0n) is 13.3. The van der Waals surface area contributed by atoms with Gasteiger partial charge in [0.1, 0.15) is 6.54 Å². The van der Waals surface area contributed by atoms with Crippen molar-refractivity contribution in [3.63, 3.8) is 0 Å². The maximum atomic E-state index is 12.0. The summed E-state index contributed by atoms with van der Waals surface area (Å²) in [5.74, 6) is -0.324. The molecule has 124 valence electrons. The number of halogens is 1. The van der Waals surface area contributed by atoms with Gasteiger partial charge < -0.3 is 10.2 Å². The normalized spacial score (nSPS) is 14.5. The Labute approximate surface area is 141 Å². The zero-order chi connectivity index (χ0) is 16.8. The van der Waals surface area contributed by atoms with Gasteiger partial charge in [-0.15, -0.1) is 0 Å². The summed E-state index contributed by atoms with van der Waals surface area (Å²) >= 11 is 5.88. The summed E-state index contributed by atoms with van der Waals surface area (Å²) in [7, 11) is 3.87. The molecule has 1 heterocycles. The molecule has 7 heteroatoms. The molecular weight excluding hydrogens is 316 g/mol. The van der Waals surface area contributed by atoms with Gasteiger partial charge in [0.2, 0.25) is 11.8 Å². The van der Waals surface area contributed by atoms with E-state index < -0.39 is 0 Å². The van der Waals surface area contributed by atoms with Crippen LogP contribution in [0.4, 0.5) is 0 Å². The van der Waals surface area contributed by atoms with Crippen molar-refractivity contribution in [1.82, 2.24) is 20.7 Å². The highest BCUT2D eigenvalue weighted by Gasteiger charge is 2.21. The van der Waals surface area contributed by atoms with Crippen LogP contribution in [0, 0.1) is 0 Å². The van der Waals surface area contributed by atoms with Crippen molar-refractivity contribution in [2.24, 2.45) is 0 Å². The van der Waals surface area contributed by atoms with Crippen LogP contribution in [0.25, 0.3) is 5.70 Å². The number of hydrazine groups is 1. The molecule has 0 bridgehead atoms.